The molecule has 2 saturated heterocycles. The lowest BCUT2D eigenvalue weighted by Crippen LogP contribution is -2.47. The molecule has 3 atom stereocenters. The molecule has 2 aliphatic rings. The Labute approximate surface area is 80.2 Å². The van der Waals surface area contributed by atoms with E-state index in [0.29, 0.717) is 18.2 Å². The Morgan fingerprint density at radius 2 is 2.00 bits per heavy atom. The molecule has 0 amide bonds. The predicted octanol–water partition coefficient (Wildman–Crippen LogP) is 0.587. The van der Waals surface area contributed by atoms with Crippen molar-refractivity contribution in [1.29, 1.82) is 0 Å². The minimum Gasteiger partial charge on any atom is -0.372 e. The number of likely N-dealkylation sites (tertiary alicyclic amines) is 1. The van der Waals surface area contributed by atoms with Gasteiger partial charge in [-0.05, 0) is 32.7 Å². The lowest BCUT2D eigenvalue weighted by molar-refractivity contribution is -0.0509. The van der Waals surface area contributed by atoms with Crippen LogP contribution >= 0.6 is 0 Å². The highest BCUT2D eigenvalue weighted by Gasteiger charge is 2.34. The maximum Gasteiger partial charge on any atom is 0.0707 e. The summed E-state index contributed by atoms with van der Waals surface area (Å²) in [5, 5.41) is 0. The molecule has 0 aromatic rings. The van der Waals surface area contributed by atoms with Crippen LogP contribution in [0.25, 0.3) is 0 Å². The van der Waals surface area contributed by atoms with Gasteiger partial charge in [-0.25, -0.2) is 0 Å². The first-order chi connectivity index (χ1) is 6.29. The van der Waals surface area contributed by atoms with E-state index in [2.05, 4.69) is 11.8 Å². The lowest BCUT2D eigenvalue weighted by Gasteiger charge is -2.36. The second kappa shape index (κ2) is 3.95. The van der Waals surface area contributed by atoms with Gasteiger partial charge in [-0.1, -0.05) is 0 Å². The molecule has 13 heavy (non-hydrogen) atoms. The van der Waals surface area contributed by atoms with Crippen molar-refractivity contribution in [2.75, 3.05) is 19.6 Å². The molecular formula is C10H20N2O. The SMILES string of the molecule is CC(CCN)N1CC2CCC(C1)O2. The Balaban J connectivity index is 1.87. The Kier molecular flexibility index (Phi) is 2.86. The maximum atomic E-state index is 5.78. The van der Waals surface area contributed by atoms with Gasteiger partial charge in [0.05, 0.1) is 12.2 Å². The summed E-state index contributed by atoms with van der Waals surface area (Å²) in [7, 11) is 0. The largest absolute Gasteiger partial charge is 0.372 e. The zero-order valence-electron chi connectivity index (χ0n) is 8.41. The van der Waals surface area contributed by atoms with Gasteiger partial charge in [-0.2, -0.15) is 0 Å². The monoisotopic (exact) mass is 184 g/mol. The summed E-state index contributed by atoms with van der Waals surface area (Å²) in [5.74, 6) is 0. The Morgan fingerprint density at radius 3 is 2.54 bits per heavy atom. The minimum absolute atomic E-state index is 0.513. The number of hydrogen-bond acceptors (Lipinski definition) is 3. The molecule has 2 heterocycles. The van der Waals surface area contributed by atoms with E-state index >= 15 is 0 Å². The summed E-state index contributed by atoms with van der Waals surface area (Å²) < 4.78 is 5.78. The molecular weight excluding hydrogens is 164 g/mol. The van der Waals surface area contributed by atoms with E-state index in [-0.39, 0.29) is 0 Å². The first-order valence-corrected chi connectivity index (χ1v) is 5.39. The van der Waals surface area contributed by atoms with E-state index in [4.69, 9.17) is 10.5 Å². The smallest absolute Gasteiger partial charge is 0.0707 e. The van der Waals surface area contributed by atoms with Gasteiger partial charge in [0.15, 0.2) is 0 Å². The van der Waals surface area contributed by atoms with Crippen molar-refractivity contribution in [2.45, 2.75) is 44.4 Å². The fourth-order valence-electron chi connectivity index (χ4n) is 2.43. The summed E-state index contributed by atoms with van der Waals surface area (Å²) in [6.45, 7) is 5.32. The molecule has 2 rings (SSSR count). The molecule has 76 valence electrons. The molecule has 3 heteroatoms. The highest BCUT2D eigenvalue weighted by atomic mass is 16.5. The number of morpholine rings is 1. The number of fused-ring (bicyclic) bond motifs is 2. The summed E-state index contributed by atoms with van der Waals surface area (Å²) >= 11 is 0. The Bertz CT molecular complexity index is 162. The first-order valence-electron chi connectivity index (χ1n) is 5.39. The van der Waals surface area contributed by atoms with Crippen LogP contribution < -0.4 is 5.73 Å². The molecule has 0 aromatic carbocycles. The Hall–Kier alpha value is -0.120. The van der Waals surface area contributed by atoms with Gasteiger partial charge in [0.1, 0.15) is 0 Å². The van der Waals surface area contributed by atoms with Crippen molar-refractivity contribution in [1.82, 2.24) is 4.90 Å². The number of hydrogen-bond donors (Lipinski definition) is 1. The van der Waals surface area contributed by atoms with Gasteiger partial charge in [0, 0.05) is 19.1 Å². The van der Waals surface area contributed by atoms with Gasteiger partial charge >= 0.3 is 0 Å². The van der Waals surface area contributed by atoms with Crippen LogP contribution in [0.2, 0.25) is 0 Å². The first kappa shape index (κ1) is 9.44. The number of rotatable bonds is 3. The third kappa shape index (κ3) is 2.03. The van der Waals surface area contributed by atoms with Crippen LogP contribution in [-0.2, 0) is 4.74 Å². The average Bonchev–Trinajstić information content (AvgIpc) is 2.46. The fraction of sp³-hybridized carbons (Fsp3) is 1.00. The molecule has 3 nitrogen and oxygen atoms in total. The number of nitrogens with two attached hydrogens (primary N) is 1. The van der Waals surface area contributed by atoms with Crippen molar-refractivity contribution < 1.29 is 4.74 Å². The summed E-state index contributed by atoms with van der Waals surface area (Å²) in [6.07, 6.45) is 4.66. The average molecular weight is 184 g/mol. The van der Waals surface area contributed by atoms with Gasteiger partial charge in [0.2, 0.25) is 0 Å². The van der Waals surface area contributed by atoms with E-state index in [1.165, 1.54) is 12.8 Å². The zero-order chi connectivity index (χ0) is 9.26. The molecule has 0 spiro atoms. The molecule has 2 aliphatic heterocycles. The van der Waals surface area contributed by atoms with Crippen molar-refractivity contribution in [3.8, 4) is 0 Å². The second-order valence-corrected chi connectivity index (χ2v) is 4.34. The summed E-state index contributed by atoms with van der Waals surface area (Å²) in [6, 6.07) is 0.636. The molecule has 0 saturated carbocycles. The maximum absolute atomic E-state index is 5.78. The summed E-state index contributed by atoms with van der Waals surface area (Å²) in [4.78, 5) is 2.54. The molecule has 2 fully saturated rings. The number of nitrogens with zero attached hydrogens (tertiary/aromatic N) is 1. The lowest BCUT2D eigenvalue weighted by atomic mass is 10.1. The van der Waals surface area contributed by atoms with E-state index in [1.54, 1.807) is 0 Å². The van der Waals surface area contributed by atoms with Crippen molar-refractivity contribution in [2.24, 2.45) is 5.73 Å². The third-order valence-corrected chi connectivity index (χ3v) is 3.28. The molecule has 0 aliphatic carbocycles. The Morgan fingerprint density at radius 1 is 1.38 bits per heavy atom. The number of ether oxygens (including phenoxy) is 1. The van der Waals surface area contributed by atoms with Crippen molar-refractivity contribution in [3.05, 3.63) is 0 Å². The predicted molar refractivity (Wildman–Crippen MR) is 52.6 cm³/mol. The van der Waals surface area contributed by atoms with Crippen LogP contribution in [0.4, 0.5) is 0 Å². The van der Waals surface area contributed by atoms with Crippen molar-refractivity contribution in [3.63, 3.8) is 0 Å². The zero-order valence-corrected chi connectivity index (χ0v) is 8.41. The third-order valence-electron chi connectivity index (χ3n) is 3.28. The van der Waals surface area contributed by atoms with E-state index in [0.717, 1.165) is 26.1 Å². The van der Waals surface area contributed by atoms with Crippen LogP contribution in [0, 0.1) is 0 Å². The van der Waals surface area contributed by atoms with Gasteiger partial charge in [-0.15, -0.1) is 0 Å². The van der Waals surface area contributed by atoms with Crippen LogP contribution in [0.5, 0.6) is 0 Å². The van der Waals surface area contributed by atoms with Crippen LogP contribution in [0.3, 0.4) is 0 Å². The fourth-order valence-corrected chi connectivity index (χ4v) is 2.43. The van der Waals surface area contributed by atoms with Gasteiger partial charge in [-0.3, -0.25) is 4.90 Å². The molecule has 2 bridgehead atoms. The highest BCUT2D eigenvalue weighted by molar-refractivity contribution is 4.86. The quantitative estimate of drug-likeness (QED) is 0.697. The van der Waals surface area contributed by atoms with Crippen molar-refractivity contribution >= 4 is 0 Å². The van der Waals surface area contributed by atoms with E-state index in [9.17, 15) is 0 Å². The van der Waals surface area contributed by atoms with Gasteiger partial charge in [0.25, 0.3) is 0 Å². The second-order valence-electron chi connectivity index (χ2n) is 4.34. The van der Waals surface area contributed by atoms with Gasteiger partial charge < -0.3 is 10.5 Å². The molecule has 0 radical (unpaired) electrons. The topological polar surface area (TPSA) is 38.5 Å². The normalized spacial score (nSPS) is 36.5. The molecule has 0 aromatic heterocycles. The van der Waals surface area contributed by atoms with Crippen LogP contribution in [-0.4, -0.2) is 42.8 Å². The van der Waals surface area contributed by atoms with E-state index < -0.39 is 0 Å². The molecule has 3 unspecified atom stereocenters. The van der Waals surface area contributed by atoms with Crippen LogP contribution in [0.1, 0.15) is 26.2 Å². The standard InChI is InChI=1S/C10H20N2O/c1-8(4-5-11)12-6-9-2-3-10(7-12)13-9/h8-10H,2-7,11H2,1H3. The highest BCUT2D eigenvalue weighted by Crippen LogP contribution is 2.27. The van der Waals surface area contributed by atoms with E-state index in [1.807, 2.05) is 0 Å². The van der Waals surface area contributed by atoms with Crippen LogP contribution in [0.15, 0.2) is 0 Å². The molecule has 2 N–H and O–H groups in total. The summed E-state index contributed by atoms with van der Waals surface area (Å²) in [5.41, 5.74) is 5.56. The minimum atomic E-state index is 0.513.